The summed E-state index contributed by atoms with van der Waals surface area (Å²) in [5.41, 5.74) is 7.16. The molecule has 0 aliphatic rings. The molecule has 0 heterocycles. The number of benzene rings is 1. The van der Waals surface area contributed by atoms with E-state index in [2.05, 4.69) is 10.6 Å². The maximum atomic E-state index is 11.6. The second kappa shape index (κ2) is 8.79. The third-order valence-electron chi connectivity index (χ3n) is 3.01. The maximum absolute atomic E-state index is 11.6. The summed E-state index contributed by atoms with van der Waals surface area (Å²) in [6, 6.07) is 7.42. The van der Waals surface area contributed by atoms with E-state index in [4.69, 9.17) is 5.73 Å². The van der Waals surface area contributed by atoms with Crippen LogP contribution >= 0.6 is 0 Å². The van der Waals surface area contributed by atoms with Crippen molar-refractivity contribution in [2.24, 2.45) is 0 Å². The first-order chi connectivity index (χ1) is 10.0. The molecule has 1 atom stereocenters. The minimum Gasteiger partial charge on any atom is -0.399 e. The minimum absolute atomic E-state index is 0.0514. The Labute approximate surface area is 125 Å². The van der Waals surface area contributed by atoms with Gasteiger partial charge in [-0.3, -0.25) is 9.59 Å². The molecular formula is C16H23N3O2. The van der Waals surface area contributed by atoms with Crippen molar-refractivity contribution >= 4 is 23.6 Å². The maximum Gasteiger partial charge on any atom is 0.244 e. The molecule has 0 saturated heterocycles. The van der Waals surface area contributed by atoms with E-state index >= 15 is 0 Å². The zero-order valence-electron chi connectivity index (χ0n) is 12.6. The van der Waals surface area contributed by atoms with Gasteiger partial charge in [-0.2, -0.15) is 0 Å². The highest BCUT2D eigenvalue weighted by atomic mass is 16.2. The predicted molar refractivity (Wildman–Crippen MR) is 85.4 cm³/mol. The molecule has 1 aromatic rings. The summed E-state index contributed by atoms with van der Waals surface area (Å²) in [7, 11) is 0. The lowest BCUT2D eigenvalue weighted by Gasteiger charge is -2.11. The number of rotatable bonds is 7. The SMILES string of the molecule is CCC(C)NC(=O)CCNC(=O)/C=C/c1cccc(N)c1. The van der Waals surface area contributed by atoms with E-state index < -0.39 is 0 Å². The Morgan fingerprint density at radius 1 is 1.38 bits per heavy atom. The summed E-state index contributed by atoms with van der Waals surface area (Å²) in [6.45, 7) is 4.28. The van der Waals surface area contributed by atoms with Gasteiger partial charge in [0.2, 0.25) is 11.8 Å². The zero-order chi connectivity index (χ0) is 15.7. The van der Waals surface area contributed by atoms with E-state index in [1.807, 2.05) is 26.0 Å². The fraction of sp³-hybridized carbons (Fsp3) is 0.375. The van der Waals surface area contributed by atoms with Gasteiger partial charge in [0.25, 0.3) is 0 Å². The van der Waals surface area contributed by atoms with Crippen LogP contribution in [0.3, 0.4) is 0 Å². The Balaban J connectivity index is 2.30. The van der Waals surface area contributed by atoms with Gasteiger partial charge < -0.3 is 16.4 Å². The summed E-state index contributed by atoms with van der Waals surface area (Å²) in [5.74, 6) is -0.279. The average Bonchev–Trinajstić information content (AvgIpc) is 2.45. The van der Waals surface area contributed by atoms with Gasteiger partial charge in [-0.25, -0.2) is 0 Å². The van der Waals surface area contributed by atoms with Crippen LogP contribution in [0.5, 0.6) is 0 Å². The molecule has 1 aromatic carbocycles. The monoisotopic (exact) mass is 289 g/mol. The summed E-state index contributed by atoms with van der Waals surface area (Å²) >= 11 is 0. The van der Waals surface area contributed by atoms with Crippen LogP contribution in [-0.2, 0) is 9.59 Å². The molecule has 1 rings (SSSR count). The summed E-state index contributed by atoms with van der Waals surface area (Å²) in [4.78, 5) is 23.1. The normalized spacial score (nSPS) is 12.1. The number of nitrogens with two attached hydrogens (primary N) is 1. The number of carbonyl (C=O) groups is 2. The number of carbonyl (C=O) groups excluding carboxylic acids is 2. The Hall–Kier alpha value is -2.30. The molecular weight excluding hydrogens is 266 g/mol. The van der Waals surface area contributed by atoms with Gasteiger partial charge in [0.1, 0.15) is 0 Å². The first kappa shape index (κ1) is 16.8. The molecule has 0 saturated carbocycles. The Morgan fingerprint density at radius 2 is 2.14 bits per heavy atom. The van der Waals surface area contributed by atoms with E-state index in [0.717, 1.165) is 12.0 Å². The van der Waals surface area contributed by atoms with E-state index in [1.54, 1.807) is 18.2 Å². The number of nitrogens with one attached hydrogen (secondary N) is 2. The molecule has 114 valence electrons. The van der Waals surface area contributed by atoms with E-state index in [9.17, 15) is 9.59 Å². The number of anilines is 1. The number of nitrogen functional groups attached to an aromatic ring is 1. The van der Waals surface area contributed by atoms with Crippen molar-refractivity contribution in [1.82, 2.24) is 10.6 Å². The van der Waals surface area contributed by atoms with Crippen molar-refractivity contribution in [3.8, 4) is 0 Å². The van der Waals surface area contributed by atoms with Gasteiger partial charge in [-0.1, -0.05) is 19.1 Å². The molecule has 5 heteroatoms. The van der Waals surface area contributed by atoms with Gasteiger partial charge in [0.15, 0.2) is 0 Å². The van der Waals surface area contributed by atoms with Gasteiger partial charge in [0, 0.05) is 30.8 Å². The second-order valence-corrected chi connectivity index (χ2v) is 4.92. The standard InChI is InChI=1S/C16H23N3O2/c1-3-12(2)19-16(21)9-10-18-15(20)8-7-13-5-4-6-14(17)11-13/h4-8,11-12H,3,9-10,17H2,1-2H3,(H,18,20)(H,19,21)/b8-7+. The third kappa shape index (κ3) is 7.15. The molecule has 0 spiro atoms. The fourth-order valence-electron chi connectivity index (χ4n) is 1.64. The van der Waals surface area contributed by atoms with Gasteiger partial charge in [-0.15, -0.1) is 0 Å². The molecule has 2 amide bonds. The average molecular weight is 289 g/mol. The van der Waals surface area contributed by atoms with Crippen LogP contribution in [0.4, 0.5) is 5.69 Å². The Morgan fingerprint density at radius 3 is 2.81 bits per heavy atom. The highest BCUT2D eigenvalue weighted by Crippen LogP contribution is 2.07. The molecule has 0 fully saturated rings. The van der Waals surface area contributed by atoms with Crippen LogP contribution in [0.2, 0.25) is 0 Å². The summed E-state index contributed by atoms with van der Waals surface area (Å²) in [5, 5.41) is 5.52. The first-order valence-electron chi connectivity index (χ1n) is 7.12. The van der Waals surface area contributed by atoms with Crippen LogP contribution in [0.15, 0.2) is 30.3 Å². The van der Waals surface area contributed by atoms with Gasteiger partial charge in [-0.05, 0) is 37.1 Å². The Bertz CT molecular complexity index is 512. The smallest absolute Gasteiger partial charge is 0.244 e. The van der Waals surface area contributed by atoms with Crippen molar-refractivity contribution in [3.05, 3.63) is 35.9 Å². The fourth-order valence-corrected chi connectivity index (χ4v) is 1.64. The zero-order valence-corrected chi connectivity index (χ0v) is 12.6. The van der Waals surface area contributed by atoms with Crippen molar-refractivity contribution in [2.45, 2.75) is 32.7 Å². The highest BCUT2D eigenvalue weighted by Gasteiger charge is 2.05. The molecule has 4 N–H and O–H groups in total. The van der Waals surface area contributed by atoms with E-state index in [0.29, 0.717) is 12.2 Å². The minimum atomic E-state index is -0.228. The molecule has 0 aromatic heterocycles. The highest BCUT2D eigenvalue weighted by molar-refractivity contribution is 5.92. The number of amides is 2. The number of hydrogen-bond acceptors (Lipinski definition) is 3. The largest absolute Gasteiger partial charge is 0.399 e. The van der Waals surface area contributed by atoms with Crippen molar-refractivity contribution < 1.29 is 9.59 Å². The molecule has 21 heavy (non-hydrogen) atoms. The van der Waals surface area contributed by atoms with Gasteiger partial charge >= 0.3 is 0 Å². The predicted octanol–water partition coefficient (Wildman–Crippen LogP) is 1.70. The quantitative estimate of drug-likeness (QED) is 0.527. The second-order valence-electron chi connectivity index (χ2n) is 4.92. The van der Waals surface area contributed by atoms with Crippen LogP contribution in [-0.4, -0.2) is 24.4 Å². The molecule has 1 unspecified atom stereocenters. The van der Waals surface area contributed by atoms with Crippen LogP contribution < -0.4 is 16.4 Å². The molecule has 0 aliphatic carbocycles. The van der Waals surface area contributed by atoms with Crippen molar-refractivity contribution in [1.29, 1.82) is 0 Å². The van der Waals surface area contributed by atoms with Crippen molar-refractivity contribution in [2.75, 3.05) is 12.3 Å². The van der Waals surface area contributed by atoms with Crippen molar-refractivity contribution in [3.63, 3.8) is 0 Å². The molecule has 5 nitrogen and oxygen atoms in total. The molecule has 0 radical (unpaired) electrons. The number of hydrogen-bond donors (Lipinski definition) is 3. The lowest BCUT2D eigenvalue weighted by atomic mass is 10.2. The lowest BCUT2D eigenvalue weighted by molar-refractivity contribution is -0.121. The topological polar surface area (TPSA) is 84.2 Å². The summed E-state index contributed by atoms with van der Waals surface area (Å²) in [6.07, 6.45) is 4.29. The van der Waals surface area contributed by atoms with Crippen LogP contribution in [0, 0.1) is 0 Å². The third-order valence-corrected chi connectivity index (χ3v) is 3.01. The van der Waals surface area contributed by atoms with Gasteiger partial charge in [0.05, 0.1) is 0 Å². The van der Waals surface area contributed by atoms with E-state index in [-0.39, 0.29) is 24.3 Å². The summed E-state index contributed by atoms with van der Waals surface area (Å²) < 4.78 is 0. The molecule has 0 bridgehead atoms. The first-order valence-corrected chi connectivity index (χ1v) is 7.12. The lowest BCUT2D eigenvalue weighted by Crippen LogP contribution is -2.34. The Kier molecular flexibility index (Phi) is 7.01. The van der Waals surface area contributed by atoms with Crippen LogP contribution in [0.1, 0.15) is 32.3 Å². The van der Waals surface area contributed by atoms with Crippen LogP contribution in [0.25, 0.3) is 6.08 Å². The van der Waals surface area contributed by atoms with E-state index in [1.165, 1.54) is 6.08 Å². The molecule has 0 aliphatic heterocycles.